The number of nitrogens with zero attached hydrogens (tertiary/aromatic N) is 1. The second-order valence-corrected chi connectivity index (χ2v) is 6.88. The minimum Gasteiger partial charge on any atom is -0.495 e. The van der Waals surface area contributed by atoms with Crippen LogP contribution in [0.15, 0.2) is 60.0 Å². The first kappa shape index (κ1) is 19.1. The fourth-order valence-electron chi connectivity index (χ4n) is 2.51. The Morgan fingerprint density at radius 1 is 1.19 bits per heavy atom. The molecule has 3 rings (SSSR count). The van der Waals surface area contributed by atoms with Crippen molar-refractivity contribution >= 4 is 46.3 Å². The molecule has 0 aliphatic carbocycles. The summed E-state index contributed by atoms with van der Waals surface area (Å²) in [5.41, 5.74) is 1.11. The second kappa shape index (κ2) is 8.33. The maximum absolute atomic E-state index is 12.8. The quantitative estimate of drug-likeness (QED) is 0.494. The van der Waals surface area contributed by atoms with Gasteiger partial charge in [-0.15, -0.1) is 0 Å². The Labute approximate surface area is 166 Å². The highest BCUT2D eigenvalue weighted by atomic mass is 35.5. The average molecular weight is 402 g/mol. The number of benzene rings is 2. The molecular formula is C20H16ClNO4S. The van der Waals surface area contributed by atoms with Gasteiger partial charge in [0.1, 0.15) is 18.1 Å². The lowest BCUT2D eigenvalue weighted by molar-refractivity contribution is -0.113. The fourth-order valence-corrected chi connectivity index (χ4v) is 3.59. The van der Waals surface area contributed by atoms with Gasteiger partial charge in [0.25, 0.3) is 11.1 Å². The number of rotatable bonds is 6. The third-order valence-electron chi connectivity index (χ3n) is 3.73. The van der Waals surface area contributed by atoms with Gasteiger partial charge in [-0.05, 0) is 47.7 Å². The minimum absolute atomic E-state index is 0.307. The predicted molar refractivity (Wildman–Crippen MR) is 109 cm³/mol. The lowest BCUT2D eigenvalue weighted by Gasteiger charge is -2.15. The Kier molecular flexibility index (Phi) is 5.88. The van der Waals surface area contributed by atoms with Crippen molar-refractivity contribution in [3.05, 3.63) is 70.6 Å². The van der Waals surface area contributed by atoms with Crippen LogP contribution in [0.5, 0.6) is 11.5 Å². The molecule has 1 fully saturated rings. The number of methoxy groups -OCH3 is 1. The van der Waals surface area contributed by atoms with Crippen LogP contribution in [0, 0.1) is 0 Å². The molecule has 1 saturated heterocycles. The molecule has 0 unspecified atom stereocenters. The standard InChI is InChI=1S/C20H16ClNO4S/c1-3-10-26-16-9-8-13(11-14(16)21)12-18-19(23)22(20(24)27-18)15-6-4-5-7-17(15)25-2/h3-9,11-12H,1,10H2,2H3/b18-12-. The van der Waals surface area contributed by atoms with Gasteiger partial charge in [0.15, 0.2) is 0 Å². The van der Waals surface area contributed by atoms with E-state index in [1.807, 2.05) is 0 Å². The summed E-state index contributed by atoms with van der Waals surface area (Å²) < 4.78 is 10.7. The molecule has 0 saturated carbocycles. The Hall–Kier alpha value is -2.70. The van der Waals surface area contributed by atoms with Gasteiger partial charge >= 0.3 is 0 Å². The molecule has 1 aliphatic heterocycles. The number of thioether (sulfide) groups is 1. The van der Waals surface area contributed by atoms with Crippen molar-refractivity contribution in [2.75, 3.05) is 18.6 Å². The normalized spacial score (nSPS) is 15.3. The van der Waals surface area contributed by atoms with Gasteiger partial charge in [-0.1, -0.05) is 42.5 Å². The lowest BCUT2D eigenvalue weighted by atomic mass is 10.2. The van der Waals surface area contributed by atoms with Gasteiger partial charge in [0.2, 0.25) is 0 Å². The van der Waals surface area contributed by atoms with Gasteiger partial charge in [0, 0.05) is 0 Å². The Bertz CT molecular complexity index is 941. The topological polar surface area (TPSA) is 55.8 Å². The highest BCUT2D eigenvalue weighted by molar-refractivity contribution is 8.19. The number of halogens is 1. The van der Waals surface area contributed by atoms with Crippen LogP contribution < -0.4 is 14.4 Å². The van der Waals surface area contributed by atoms with Gasteiger partial charge in [0.05, 0.1) is 22.7 Å². The molecule has 5 nitrogen and oxygen atoms in total. The first-order valence-electron chi connectivity index (χ1n) is 7.99. The number of carbonyl (C=O) groups excluding carboxylic acids is 2. The van der Waals surface area contributed by atoms with E-state index in [1.54, 1.807) is 54.6 Å². The SMILES string of the molecule is C=CCOc1ccc(/C=C2\SC(=O)N(c3ccccc3OC)C2=O)cc1Cl. The molecule has 0 spiro atoms. The molecule has 1 aliphatic rings. The number of ether oxygens (including phenoxy) is 2. The molecule has 1 heterocycles. The Morgan fingerprint density at radius 2 is 1.96 bits per heavy atom. The highest BCUT2D eigenvalue weighted by Gasteiger charge is 2.37. The highest BCUT2D eigenvalue weighted by Crippen LogP contribution is 2.39. The molecule has 0 aromatic heterocycles. The number of carbonyl (C=O) groups is 2. The number of anilines is 1. The zero-order chi connectivity index (χ0) is 19.4. The maximum Gasteiger partial charge on any atom is 0.298 e. The molecule has 0 bridgehead atoms. The number of amides is 2. The second-order valence-electron chi connectivity index (χ2n) is 5.48. The molecule has 7 heteroatoms. The maximum atomic E-state index is 12.8. The number of hydrogen-bond donors (Lipinski definition) is 0. The first-order valence-corrected chi connectivity index (χ1v) is 9.19. The van der Waals surface area contributed by atoms with E-state index < -0.39 is 5.91 Å². The van der Waals surface area contributed by atoms with E-state index in [1.165, 1.54) is 7.11 Å². The van der Waals surface area contributed by atoms with Crippen LogP contribution in [-0.4, -0.2) is 24.9 Å². The molecule has 0 radical (unpaired) electrons. The van der Waals surface area contributed by atoms with Crippen LogP contribution in [0.3, 0.4) is 0 Å². The summed E-state index contributed by atoms with van der Waals surface area (Å²) in [5, 5.41) is 0.0299. The van der Waals surface area contributed by atoms with Gasteiger partial charge < -0.3 is 9.47 Å². The van der Waals surface area contributed by atoms with E-state index in [9.17, 15) is 9.59 Å². The molecule has 2 aromatic carbocycles. The zero-order valence-electron chi connectivity index (χ0n) is 14.5. The molecule has 138 valence electrons. The summed E-state index contributed by atoms with van der Waals surface area (Å²) in [5.74, 6) is 0.571. The summed E-state index contributed by atoms with van der Waals surface area (Å²) >= 11 is 7.08. The largest absolute Gasteiger partial charge is 0.495 e. The monoisotopic (exact) mass is 401 g/mol. The molecule has 27 heavy (non-hydrogen) atoms. The predicted octanol–water partition coefficient (Wildman–Crippen LogP) is 5.15. The van der Waals surface area contributed by atoms with E-state index in [0.717, 1.165) is 16.7 Å². The zero-order valence-corrected chi connectivity index (χ0v) is 16.0. The van der Waals surface area contributed by atoms with Crippen LogP contribution in [0.25, 0.3) is 6.08 Å². The van der Waals surface area contributed by atoms with E-state index in [-0.39, 0.29) is 5.24 Å². The third kappa shape index (κ3) is 4.02. The van der Waals surface area contributed by atoms with Crippen LogP contribution in [-0.2, 0) is 4.79 Å². The summed E-state index contributed by atoms with van der Waals surface area (Å²) in [6.45, 7) is 3.93. The van der Waals surface area contributed by atoms with Crippen LogP contribution in [0.2, 0.25) is 5.02 Å². The number of imide groups is 1. The van der Waals surface area contributed by atoms with E-state index >= 15 is 0 Å². The average Bonchev–Trinajstić information content (AvgIpc) is 2.94. The molecule has 0 N–H and O–H groups in total. The molecular weight excluding hydrogens is 386 g/mol. The van der Waals surface area contributed by atoms with E-state index in [4.69, 9.17) is 21.1 Å². The van der Waals surface area contributed by atoms with Crippen molar-refractivity contribution in [2.24, 2.45) is 0 Å². The van der Waals surface area contributed by atoms with Crippen molar-refractivity contribution in [1.82, 2.24) is 0 Å². The molecule has 2 aromatic rings. The van der Waals surface area contributed by atoms with E-state index in [2.05, 4.69) is 6.58 Å². The van der Waals surface area contributed by atoms with Gasteiger partial charge in [-0.25, -0.2) is 4.90 Å². The van der Waals surface area contributed by atoms with Crippen LogP contribution in [0.4, 0.5) is 10.5 Å². The van der Waals surface area contributed by atoms with Crippen LogP contribution in [0.1, 0.15) is 5.56 Å². The van der Waals surface area contributed by atoms with Gasteiger partial charge in [-0.3, -0.25) is 9.59 Å². The summed E-state index contributed by atoms with van der Waals surface area (Å²) in [6.07, 6.45) is 3.25. The van der Waals surface area contributed by atoms with Crippen molar-refractivity contribution in [1.29, 1.82) is 0 Å². The Balaban J connectivity index is 1.88. The summed E-state index contributed by atoms with van der Waals surface area (Å²) in [4.78, 5) is 26.6. The molecule has 0 atom stereocenters. The fraction of sp³-hybridized carbons (Fsp3) is 0.100. The lowest BCUT2D eigenvalue weighted by Crippen LogP contribution is -2.28. The van der Waals surface area contributed by atoms with Crippen molar-refractivity contribution < 1.29 is 19.1 Å². The summed E-state index contributed by atoms with van der Waals surface area (Å²) in [6, 6.07) is 12.0. The Morgan fingerprint density at radius 3 is 2.67 bits per heavy atom. The minimum atomic E-state index is -0.405. The number of para-hydroxylation sites is 2. The van der Waals surface area contributed by atoms with Crippen molar-refractivity contribution in [3.63, 3.8) is 0 Å². The third-order valence-corrected chi connectivity index (χ3v) is 4.90. The van der Waals surface area contributed by atoms with E-state index in [0.29, 0.717) is 39.3 Å². The summed E-state index contributed by atoms with van der Waals surface area (Å²) in [7, 11) is 1.49. The van der Waals surface area contributed by atoms with Gasteiger partial charge in [-0.2, -0.15) is 0 Å². The molecule has 2 amide bonds. The number of hydrogen-bond acceptors (Lipinski definition) is 5. The van der Waals surface area contributed by atoms with Crippen LogP contribution >= 0.6 is 23.4 Å². The van der Waals surface area contributed by atoms with Crippen molar-refractivity contribution in [3.8, 4) is 11.5 Å². The first-order chi connectivity index (χ1) is 13.0. The smallest absolute Gasteiger partial charge is 0.298 e. The van der Waals surface area contributed by atoms with Crippen molar-refractivity contribution in [2.45, 2.75) is 0 Å².